The van der Waals surface area contributed by atoms with Crippen LogP contribution >= 0.6 is 0 Å². The first-order valence-corrected chi connectivity index (χ1v) is 11.1. The number of aromatic amines is 1. The average molecular weight is 441 g/mol. The Labute approximate surface area is 191 Å². The van der Waals surface area contributed by atoms with Gasteiger partial charge in [-0.3, -0.25) is 14.4 Å². The molecule has 1 unspecified atom stereocenters. The fraction of sp³-hybridized carbons (Fsp3) is 0.400. The van der Waals surface area contributed by atoms with E-state index in [0.717, 1.165) is 24.9 Å². The number of benzene rings is 1. The highest BCUT2D eigenvalue weighted by Crippen LogP contribution is 2.19. The van der Waals surface area contributed by atoms with Gasteiger partial charge in [0.05, 0.1) is 6.42 Å². The minimum Gasteiger partial charge on any atom is -0.402 e. The van der Waals surface area contributed by atoms with Crippen molar-refractivity contribution >= 4 is 18.1 Å². The van der Waals surface area contributed by atoms with Gasteiger partial charge in [0.25, 0.3) is 0 Å². The molecule has 1 atom stereocenters. The fourth-order valence-corrected chi connectivity index (χ4v) is 3.34. The molecule has 2 amide bonds. The summed E-state index contributed by atoms with van der Waals surface area (Å²) < 4.78 is 0. The topological polar surface area (TPSA) is 108 Å². The molecule has 32 heavy (non-hydrogen) atoms. The summed E-state index contributed by atoms with van der Waals surface area (Å²) in [5.41, 5.74) is 9.25. The number of nitrogens with one attached hydrogen (secondary N) is 2. The predicted molar refractivity (Wildman–Crippen MR) is 128 cm³/mol. The molecule has 0 saturated carbocycles. The highest BCUT2D eigenvalue weighted by atomic mass is 16.2. The van der Waals surface area contributed by atoms with Crippen LogP contribution in [0.25, 0.3) is 11.1 Å². The van der Waals surface area contributed by atoms with E-state index in [1.54, 1.807) is 11.8 Å². The molecule has 1 aliphatic rings. The average Bonchev–Trinajstić information content (AvgIpc) is 3.46. The van der Waals surface area contributed by atoms with Crippen LogP contribution in [0.5, 0.6) is 0 Å². The first-order valence-electron chi connectivity index (χ1n) is 11.1. The van der Waals surface area contributed by atoms with Crippen LogP contribution in [-0.2, 0) is 20.9 Å². The Hall–Kier alpha value is -3.35. The number of allylic oxidation sites excluding steroid dienone is 2. The van der Waals surface area contributed by atoms with Gasteiger partial charge < -0.3 is 20.9 Å². The monoisotopic (exact) mass is 440 g/mol. The van der Waals surface area contributed by atoms with Crippen LogP contribution in [-0.4, -0.2) is 40.6 Å². The highest BCUT2D eigenvalue weighted by Gasteiger charge is 2.25. The molecule has 1 saturated heterocycles. The Kier molecular flexibility index (Phi) is 12.2. The number of likely N-dealkylation sites (tertiary alicyclic amines) is 1. The quantitative estimate of drug-likeness (QED) is 0.346. The Morgan fingerprint density at radius 2 is 1.88 bits per heavy atom. The number of nitrogens with zero attached hydrogens (tertiary/aromatic N) is 1. The van der Waals surface area contributed by atoms with E-state index in [0.29, 0.717) is 18.7 Å². The molecule has 3 rings (SSSR count). The van der Waals surface area contributed by atoms with E-state index in [1.807, 2.05) is 63.5 Å². The molecule has 1 fully saturated rings. The van der Waals surface area contributed by atoms with Gasteiger partial charge in [-0.15, -0.1) is 0 Å². The van der Waals surface area contributed by atoms with E-state index in [-0.39, 0.29) is 24.2 Å². The molecule has 7 nitrogen and oxygen atoms in total. The van der Waals surface area contributed by atoms with E-state index in [1.165, 1.54) is 17.2 Å². The molecule has 1 aliphatic heterocycles. The number of ketones is 1. The van der Waals surface area contributed by atoms with Gasteiger partial charge in [0, 0.05) is 43.3 Å². The van der Waals surface area contributed by atoms with E-state index in [2.05, 4.69) is 10.3 Å². The Balaban J connectivity index is 0.000000297. The maximum atomic E-state index is 11.7. The summed E-state index contributed by atoms with van der Waals surface area (Å²) in [6.07, 6.45) is 7.89. The molecule has 4 N–H and O–H groups in total. The molecular formula is C25H36N4O3. The number of H-pyrrole nitrogens is 1. The Morgan fingerprint density at radius 3 is 2.38 bits per heavy atom. The second kappa shape index (κ2) is 14.6. The number of aromatic nitrogens is 1. The number of amides is 2. The lowest BCUT2D eigenvalue weighted by atomic mass is 10.1. The molecule has 0 spiro atoms. The summed E-state index contributed by atoms with van der Waals surface area (Å²) >= 11 is 0. The summed E-state index contributed by atoms with van der Waals surface area (Å²) in [5, 5.41) is 2.63. The van der Waals surface area contributed by atoms with Crippen LogP contribution in [0.2, 0.25) is 0 Å². The van der Waals surface area contributed by atoms with Crippen molar-refractivity contribution in [3.05, 3.63) is 60.1 Å². The van der Waals surface area contributed by atoms with Crippen LogP contribution in [0, 0.1) is 0 Å². The maximum Gasteiger partial charge on any atom is 0.230 e. The van der Waals surface area contributed by atoms with Gasteiger partial charge in [0.2, 0.25) is 12.3 Å². The standard InChI is InChI=1S/C12H12N2O.C11H18N2O2.C2H6/c15-9-14-7-10-1-3-11(4-2-10)12-5-6-13-8-12;1-8(12)6-10(14)7-11(15)13-5-3-4-9(13)2;1-2/h1-6,8-9,13H,7H2,(H,14,15);6,9H,3-5,7,12H2,1-2H3;1-2H3/b;8-6-;. The lowest BCUT2D eigenvalue weighted by molar-refractivity contribution is -0.134. The minimum atomic E-state index is -0.209. The minimum absolute atomic E-state index is 0.0567. The van der Waals surface area contributed by atoms with Crippen molar-refractivity contribution in [1.29, 1.82) is 0 Å². The summed E-state index contributed by atoms with van der Waals surface area (Å²) in [7, 11) is 0. The lowest BCUT2D eigenvalue weighted by Crippen LogP contribution is -2.34. The first kappa shape index (κ1) is 26.7. The molecule has 0 aliphatic carbocycles. The largest absolute Gasteiger partial charge is 0.402 e. The van der Waals surface area contributed by atoms with Crippen molar-refractivity contribution < 1.29 is 14.4 Å². The van der Waals surface area contributed by atoms with E-state index < -0.39 is 0 Å². The molecule has 0 bridgehead atoms. The van der Waals surface area contributed by atoms with Gasteiger partial charge in [-0.1, -0.05) is 38.1 Å². The third kappa shape index (κ3) is 9.20. The number of carbonyl (C=O) groups is 3. The Bertz CT molecular complexity index is 854. The van der Waals surface area contributed by atoms with E-state index in [9.17, 15) is 14.4 Å². The fourth-order valence-electron chi connectivity index (χ4n) is 3.34. The summed E-state index contributed by atoms with van der Waals surface area (Å²) in [6.45, 7) is 9.01. The second-order valence-corrected chi connectivity index (χ2v) is 7.41. The zero-order valence-corrected chi connectivity index (χ0v) is 19.6. The van der Waals surface area contributed by atoms with Crippen molar-refractivity contribution in [2.75, 3.05) is 6.54 Å². The van der Waals surface area contributed by atoms with Crippen molar-refractivity contribution in [1.82, 2.24) is 15.2 Å². The molecule has 7 heteroatoms. The van der Waals surface area contributed by atoms with Crippen LogP contribution in [0.4, 0.5) is 0 Å². The van der Waals surface area contributed by atoms with Gasteiger partial charge in [0.1, 0.15) is 0 Å². The predicted octanol–water partition coefficient (Wildman–Crippen LogP) is 3.77. The zero-order valence-electron chi connectivity index (χ0n) is 19.6. The van der Waals surface area contributed by atoms with E-state index in [4.69, 9.17) is 5.73 Å². The van der Waals surface area contributed by atoms with Gasteiger partial charge in [0.15, 0.2) is 5.78 Å². The van der Waals surface area contributed by atoms with Crippen molar-refractivity contribution in [2.24, 2.45) is 5.73 Å². The number of rotatable bonds is 7. The van der Waals surface area contributed by atoms with Crippen LogP contribution in [0.3, 0.4) is 0 Å². The Morgan fingerprint density at radius 1 is 1.19 bits per heavy atom. The third-order valence-electron chi connectivity index (χ3n) is 4.86. The van der Waals surface area contributed by atoms with E-state index >= 15 is 0 Å². The maximum absolute atomic E-state index is 11.7. The summed E-state index contributed by atoms with van der Waals surface area (Å²) in [6, 6.07) is 10.4. The summed E-state index contributed by atoms with van der Waals surface area (Å²) in [4.78, 5) is 37.9. The van der Waals surface area contributed by atoms with Crippen LogP contribution < -0.4 is 11.1 Å². The molecule has 1 aromatic heterocycles. The van der Waals surface area contributed by atoms with Gasteiger partial charge >= 0.3 is 0 Å². The molecule has 2 aromatic rings. The molecule has 0 radical (unpaired) electrons. The van der Waals surface area contributed by atoms with Crippen LogP contribution in [0.15, 0.2) is 54.5 Å². The molecule has 174 valence electrons. The van der Waals surface area contributed by atoms with Gasteiger partial charge in [-0.25, -0.2) is 0 Å². The van der Waals surface area contributed by atoms with Crippen molar-refractivity contribution in [3.8, 4) is 11.1 Å². The number of hydrogen-bond donors (Lipinski definition) is 3. The van der Waals surface area contributed by atoms with Crippen LogP contribution in [0.1, 0.15) is 52.5 Å². The smallest absolute Gasteiger partial charge is 0.230 e. The van der Waals surface area contributed by atoms with Gasteiger partial charge in [-0.05, 0) is 49.4 Å². The number of carbonyl (C=O) groups excluding carboxylic acids is 3. The van der Waals surface area contributed by atoms with Crippen molar-refractivity contribution in [2.45, 2.75) is 59.5 Å². The third-order valence-corrected chi connectivity index (χ3v) is 4.86. The number of nitrogens with two attached hydrogens (primary N) is 1. The lowest BCUT2D eigenvalue weighted by Gasteiger charge is -2.20. The summed E-state index contributed by atoms with van der Waals surface area (Å²) in [5.74, 6) is -0.290. The molecule has 1 aromatic carbocycles. The second-order valence-electron chi connectivity index (χ2n) is 7.41. The van der Waals surface area contributed by atoms with Crippen molar-refractivity contribution in [3.63, 3.8) is 0 Å². The zero-order chi connectivity index (χ0) is 23.9. The van der Waals surface area contributed by atoms with Gasteiger partial charge in [-0.2, -0.15) is 0 Å². The highest BCUT2D eigenvalue weighted by molar-refractivity contribution is 6.04. The number of hydrogen-bond acceptors (Lipinski definition) is 4. The molecule has 2 heterocycles. The first-order chi connectivity index (χ1) is 15.4. The molecular weight excluding hydrogens is 404 g/mol. The normalized spacial score (nSPS) is 15.1. The SMILES string of the molecule is C/C(N)=C/C(=O)CC(=O)N1CCCC1C.CC.O=CNCc1ccc(-c2cc[nH]c2)cc1.